The summed E-state index contributed by atoms with van der Waals surface area (Å²) in [6.45, 7) is 5.96. The van der Waals surface area contributed by atoms with Crippen LogP contribution in [0.25, 0.3) is 21.5 Å². The van der Waals surface area contributed by atoms with Crippen molar-refractivity contribution in [1.29, 1.82) is 0 Å². The van der Waals surface area contributed by atoms with Gasteiger partial charge in [-0.1, -0.05) is 13.8 Å². The smallest absolute Gasteiger partial charge is 0.0654 e. The Balaban J connectivity index is 1.70. The summed E-state index contributed by atoms with van der Waals surface area (Å²) in [6, 6.07) is 6.29. The van der Waals surface area contributed by atoms with Crippen molar-refractivity contribution in [1.82, 2.24) is 7.96 Å². The summed E-state index contributed by atoms with van der Waals surface area (Å²) in [5, 5.41) is 2.11. The van der Waals surface area contributed by atoms with E-state index in [1.807, 2.05) is 0 Å². The van der Waals surface area contributed by atoms with Gasteiger partial charge in [-0.05, 0) is 0 Å². The number of thiophene rings is 1. The number of hydrogen-bond donors (Lipinski definition) is 0. The van der Waals surface area contributed by atoms with Crippen LogP contribution in [-0.2, 0) is 0 Å². The third-order valence-corrected chi connectivity index (χ3v) is 7.76. The summed E-state index contributed by atoms with van der Waals surface area (Å²) in [6.07, 6.45) is 15.1. The average Bonchev–Trinajstić information content (AvgIpc) is 3.50. The third kappa shape index (κ3) is 7.60. The minimum absolute atomic E-state index is 0.0806. The fraction of sp³-hybridized carbons (Fsp3) is 0.615. The summed E-state index contributed by atoms with van der Waals surface area (Å²) in [7, 11) is 0. The molecule has 0 saturated carbocycles. The van der Waals surface area contributed by atoms with E-state index >= 15 is 0 Å². The first-order chi connectivity index (χ1) is 15.8. The molecule has 0 atom stereocenters. The van der Waals surface area contributed by atoms with Gasteiger partial charge >= 0.3 is 191 Å². The maximum atomic E-state index is 6.42. The normalized spacial score (nSPS) is 11.3. The predicted octanol–water partition coefficient (Wildman–Crippen LogP) is 7.89. The zero-order chi connectivity index (χ0) is 22.4. The molecular weight excluding hydrogens is 483 g/mol. The molecule has 0 aliphatic heterocycles. The van der Waals surface area contributed by atoms with E-state index in [0.717, 1.165) is 54.2 Å². The third-order valence-electron chi connectivity index (χ3n) is 5.74. The molecule has 2 aromatic heterocycles. The van der Waals surface area contributed by atoms with Crippen LogP contribution in [0.1, 0.15) is 90.9 Å². The van der Waals surface area contributed by atoms with Crippen LogP contribution >= 0.6 is 11.3 Å². The van der Waals surface area contributed by atoms with Crippen LogP contribution in [0.2, 0.25) is 0 Å². The Morgan fingerprint density at radius 1 is 0.812 bits per heavy atom. The molecule has 0 saturated heterocycles. The number of hydrogen-bond acceptors (Lipinski definition) is 5. The van der Waals surface area contributed by atoms with Gasteiger partial charge in [0.15, 0.2) is 0 Å². The van der Waals surface area contributed by atoms with Crippen LogP contribution < -0.4 is 9.47 Å². The molecule has 0 amide bonds. The van der Waals surface area contributed by atoms with Crippen LogP contribution in [0.15, 0.2) is 23.6 Å². The fourth-order valence-electron chi connectivity index (χ4n) is 3.91. The topological polar surface area (TPSA) is 44.2 Å². The Morgan fingerprint density at radius 2 is 1.47 bits per heavy atom. The number of fused-ring (bicyclic) bond motifs is 1. The van der Waals surface area contributed by atoms with Crippen LogP contribution in [-0.4, -0.2) is 36.1 Å². The standard InChI is InChI=1S/C26H38N2O2SSe/c1-3-5-7-9-11-13-17-29-22-20-21-25(28-32-27-21)24(23-16-15-19-31-23)26(22)30-18-14-12-10-8-6-4-2/h15-16,19-20H,3-14,17-18H2,1-2H3. The first-order valence-corrected chi connectivity index (χ1v) is 14.8. The molecule has 1 aromatic carbocycles. The number of benzene rings is 1. The Bertz CT molecular complexity index is 895. The molecule has 0 unspecified atom stereocenters. The van der Waals surface area contributed by atoms with E-state index in [1.165, 1.54) is 69.1 Å². The second-order valence-electron chi connectivity index (χ2n) is 8.42. The van der Waals surface area contributed by atoms with Crippen molar-refractivity contribution in [3.05, 3.63) is 23.6 Å². The molecule has 3 rings (SSSR count). The summed E-state index contributed by atoms with van der Waals surface area (Å²) in [4.78, 5) is 1.18. The predicted molar refractivity (Wildman–Crippen MR) is 138 cm³/mol. The molecule has 0 bridgehead atoms. The molecule has 0 fully saturated rings. The van der Waals surface area contributed by atoms with E-state index in [1.54, 1.807) is 11.3 Å². The number of aromatic nitrogens is 2. The Hall–Kier alpha value is -1.36. The summed E-state index contributed by atoms with van der Waals surface area (Å²) < 4.78 is 22.1. The molecule has 0 aliphatic rings. The molecule has 0 radical (unpaired) electrons. The quantitative estimate of drug-likeness (QED) is 0.134. The first kappa shape index (κ1) is 25.3. The number of unbranched alkanes of at least 4 members (excludes halogenated alkanes) is 10. The molecule has 6 heteroatoms. The molecule has 0 spiro atoms. The molecule has 3 aromatic rings. The van der Waals surface area contributed by atoms with Crippen molar-refractivity contribution in [3.8, 4) is 21.9 Å². The second kappa shape index (κ2) is 14.7. The average molecular weight is 522 g/mol. The molecule has 0 aliphatic carbocycles. The molecule has 2 heterocycles. The van der Waals surface area contributed by atoms with Gasteiger partial charge in [-0.15, -0.1) is 0 Å². The molecule has 4 nitrogen and oxygen atoms in total. The van der Waals surface area contributed by atoms with Crippen molar-refractivity contribution >= 4 is 37.3 Å². The van der Waals surface area contributed by atoms with E-state index in [-0.39, 0.29) is 15.0 Å². The summed E-state index contributed by atoms with van der Waals surface area (Å²) in [5.41, 5.74) is 3.01. The Morgan fingerprint density at radius 3 is 2.12 bits per heavy atom. The van der Waals surface area contributed by atoms with Gasteiger partial charge < -0.3 is 0 Å². The van der Waals surface area contributed by atoms with Gasteiger partial charge in [0.05, 0.1) is 0 Å². The van der Waals surface area contributed by atoms with Crippen LogP contribution in [0, 0.1) is 0 Å². The maximum absolute atomic E-state index is 6.42. The monoisotopic (exact) mass is 522 g/mol. The van der Waals surface area contributed by atoms with Crippen molar-refractivity contribution < 1.29 is 9.47 Å². The zero-order valence-corrected chi connectivity index (χ0v) is 22.3. The van der Waals surface area contributed by atoms with Crippen molar-refractivity contribution in [2.75, 3.05) is 13.2 Å². The van der Waals surface area contributed by atoms with Crippen molar-refractivity contribution in [3.63, 3.8) is 0 Å². The summed E-state index contributed by atoms with van der Waals surface area (Å²) >= 11 is 1.65. The molecular formula is C26H38N2O2SSe. The SMILES string of the molecule is CCCCCCCCOc1cc2n[se]nc2c(-c2cccs2)c1OCCCCCCCC. The van der Waals surface area contributed by atoms with Gasteiger partial charge in [0.2, 0.25) is 0 Å². The molecule has 0 N–H and O–H groups in total. The Kier molecular flexibility index (Phi) is 11.6. The zero-order valence-electron chi connectivity index (χ0n) is 19.7. The van der Waals surface area contributed by atoms with Crippen LogP contribution in [0.3, 0.4) is 0 Å². The van der Waals surface area contributed by atoms with Crippen LogP contribution in [0.4, 0.5) is 0 Å². The van der Waals surface area contributed by atoms with Gasteiger partial charge in [0.25, 0.3) is 0 Å². The van der Waals surface area contributed by atoms with E-state index < -0.39 is 0 Å². The van der Waals surface area contributed by atoms with E-state index in [2.05, 4.69) is 41.4 Å². The summed E-state index contributed by atoms with van der Waals surface area (Å²) in [5.74, 6) is 1.70. The fourth-order valence-corrected chi connectivity index (χ4v) is 5.79. The van der Waals surface area contributed by atoms with Crippen molar-refractivity contribution in [2.45, 2.75) is 90.9 Å². The van der Waals surface area contributed by atoms with Gasteiger partial charge in [0, 0.05) is 0 Å². The molecule has 32 heavy (non-hydrogen) atoms. The number of rotatable bonds is 17. The van der Waals surface area contributed by atoms with E-state index in [9.17, 15) is 0 Å². The van der Waals surface area contributed by atoms with Gasteiger partial charge in [-0.3, -0.25) is 0 Å². The molecule has 176 valence electrons. The minimum Gasteiger partial charge on any atom is -0.0654 e. The van der Waals surface area contributed by atoms with E-state index in [0.29, 0.717) is 0 Å². The van der Waals surface area contributed by atoms with Crippen LogP contribution in [0.5, 0.6) is 11.5 Å². The number of ether oxygens (including phenoxy) is 2. The number of nitrogens with zero attached hydrogens (tertiary/aromatic N) is 2. The first-order valence-electron chi connectivity index (χ1n) is 12.4. The van der Waals surface area contributed by atoms with E-state index in [4.69, 9.17) is 13.5 Å². The van der Waals surface area contributed by atoms with Gasteiger partial charge in [-0.2, -0.15) is 0 Å². The van der Waals surface area contributed by atoms with Gasteiger partial charge in [-0.25, -0.2) is 0 Å². The second-order valence-corrected chi connectivity index (χ2v) is 10.5. The van der Waals surface area contributed by atoms with Crippen molar-refractivity contribution in [2.24, 2.45) is 0 Å². The Labute approximate surface area is 204 Å². The minimum atomic E-state index is -0.0806. The van der Waals surface area contributed by atoms with Gasteiger partial charge in [0.1, 0.15) is 0 Å².